The molecule has 0 aliphatic rings. The molecule has 4 nitrogen and oxygen atoms in total. The van der Waals surface area contributed by atoms with Crippen molar-refractivity contribution in [1.29, 1.82) is 0 Å². The van der Waals surface area contributed by atoms with Crippen molar-refractivity contribution >= 4 is 29.1 Å². The van der Waals surface area contributed by atoms with Gasteiger partial charge in [0, 0.05) is 6.54 Å². The second-order valence-electron chi connectivity index (χ2n) is 4.21. The number of para-hydroxylation sites is 1. The molecule has 0 unspecified atom stereocenters. The molecule has 110 valence electrons. The van der Waals surface area contributed by atoms with Gasteiger partial charge in [-0.05, 0) is 31.2 Å². The topological polar surface area (TPSA) is 51.2 Å². The number of amides is 1. The Labute approximate surface area is 133 Å². The van der Waals surface area contributed by atoms with E-state index >= 15 is 0 Å². The minimum Gasteiger partial charge on any atom is -0.484 e. The van der Waals surface area contributed by atoms with E-state index in [9.17, 15) is 4.79 Å². The predicted molar refractivity (Wildman–Crippen MR) is 83.0 cm³/mol. The van der Waals surface area contributed by atoms with Crippen LogP contribution in [0.2, 0.25) is 10.0 Å². The molecule has 0 spiro atoms. The molecule has 1 amide bonds. The third kappa shape index (κ3) is 4.09. The summed E-state index contributed by atoms with van der Waals surface area (Å²) >= 11 is 12.0. The van der Waals surface area contributed by atoms with Crippen molar-refractivity contribution in [2.75, 3.05) is 6.54 Å². The number of carbonyl (C=O) groups excluding carboxylic acids is 1. The van der Waals surface area contributed by atoms with Crippen LogP contribution >= 0.6 is 23.2 Å². The zero-order valence-electron chi connectivity index (χ0n) is 11.4. The largest absolute Gasteiger partial charge is 0.484 e. The van der Waals surface area contributed by atoms with Gasteiger partial charge in [-0.25, -0.2) is 4.98 Å². The van der Waals surface area contributed by atoms with Gasteiger partial charge in [-0.1, -0.05) is 35.3 Å². The van der Waals surface area contributed by atoms with Crippen molar-refractivity contribution in [3.8, 4) is 5.75 Å². The lowest BCUT2D eigenvalue weighted by molar-refractivity contribution is 0.0950. The molecule has 21 heavy (non-hydrogen) atoms. The van der Waals surface area contributed by atoms with E-state index in [2.05, 4.69) is 10.3 Å². The summed E-state index contributed by atoms with van der Waals surface area (Å²) in [6.07, 6.45) is 0. The number of aromatic nitrogens is 1. The third-order valence-electron chi connectivity index (χ3n) is 2.66. The Morgan fingerprint density at radius 3 is 2.52 bits per heavy atom. The summed E-state index contributed by atoms with van der Waals surface area (Å²) in [5.74, 6) is 0.196. The van der Waals surface area contributed by atoms with E-state index in [1.165, 1.54) is 0 Å². The van der Waals surface area contributed by atoms with Crippen LogP contribution in [0, 0.1) is 0 Å². The van der Waals surface area contributed by atoms with Crippen molar-refractivity contribution in [2.24, 2.45) is 0 Å². The van der Waals surface area contributed by atoms with Crippen LogP contribution < -0.4 is 10.1 Å². The van der Waals surface area contributed by atoms with Gasteiger partial charge in [-0.3, -0.25) is 4.79 Å². The van der Waals surface area contributed by atoms with Crippen LogP contribution in [0.25, 0.3) is 0 Å². The van der Waals surface area contributed by atoms with E-state index in [0.717, 1.165) is 0 Å². The van der Waals surface area contributed by atoms with Gasteiger partial charge in [0.25, 0.3) is 5.91 Å². The van der Waals surface area contributed by atoms with E-state index in [1.807, 2.05) is 6.92 Å². The summed E-state index contributed by atoms with van der Waals surface area (Å²) in [6.45, 7) is 2.58. The summed E-state index contributed by atoms with van der Waals surface area (Å²) in [5, 5.41) is 3.56. The smallest absolute Gasteiger partial charge is 0.269 e. The highest BCUT2D eigenvalue weighted by Gasteiger charge is 2.09. The van der Waals surface area contributed by atoms with E-state index < -0.39 is 0 Å². The van der Waals surface area contributed by atoms with Crippen molar-refractivity contribution in [3.05, 3.63) is 57.8 Å². The Balaban J connectivity index is 2.10. The van der Waals surface area contributed by atoms with Crippen LogP contribution in [0.1, 0.15) is 23.1 Å². The van der Waals surface area contributed by atoms with Crippen molar-refractivity contribution in [3.63, 3.8) is 0 Å². The zero-order chi connectivity index (χ0) is 15.2. The molecule has 2 rings (SSSR count). The molecule has 2 aromatic rings. The minimum atomic E-state index is -0.213. The molecule has 0 saturated carbocycles. The fourth-order valence-electron chi connectivity index (χ4n) is 1.70. The molecule has 0 saturated heterocycles. The molecule has 0 radical (unpaired) electrons. The highest BCUT2D eigenvalue weighted by atomic mass is 35.5. The van der Waals surface area contributed by atoms with Crippen LogP contribution in [0.15, 0.2) is 36.4 Å². The van der Waals surface area contributed by atoms with Crippen LogP contribution in [0.4, 0.5) is 0 Å². The Morgan fingerprint density at radius 1 is 1.19 bits per heavy atom. The second-order valence-corrected chi connectivity index (χ2v) is 5.03. The van der Waals surface area contributed by atoms with E-state index in [0.29, 0.717) is 33.7 Å². The summed E-state index contributed by atoms with van der Waals surface area (Å²) < 4.78 is 5.59. The first-order valence-electron chi connectivity index (χ1n) is 6.42. The number of benzene rings is 1. The molecule has 1 aromatic carbocycles. The van der Waals surface area contributed by atoms with Gasteiger partial charge in [0.05, 0.1) is 15.7 Å². The summed E-state index contributed by atoms with van der Waals surface area (Å²) in [4.78, 5) is 16.0. The highest BCUT2D eigenvalue weighted by molar-refractivity contribution is 6.37. The standard InChI is InChI=1S/C15H14Cl2N2O2/c1-2-18-15(20)13-8-3-5-10(19-13)9-21-14-11(16)6-4-7-12(14)17/h3-8H,2,9H2,1H3,(H,18,20). The first kappa shape index (κ1) is 15.6. The van der Waals surface area contributed by atoms with Gasteiger partial charge >= 0.3 is 0 Å². The van der Waals surface area contributed by atoms with Gasteiger partial charge in [-0.2, -0.15) is 0 Å². The number of hydrogen-bond donors (Lipinski definition) is 1. The Morgan fingerprint density at radius 2 is 1.86 bits per heavy atom. The van der Waals surface area contributed by atoms with Gasteiger partial charge in [0.2, 0.25) is 0 Å². The number of hydrogen-bond acceptors (Lipinski definition) is 3. The quantitative estimate of drug-likeness (QED) is 0.911. The molecule has 0 atom stereocenters. The van der Waals surface area contributed by atoms with Gasteiger partial charge in [0.15, 0.2) is 5.75 Å². The van der Waals surface area contributed by atoms with Crippen LogP contribution in [-0.2, 0) is 6.61 Å². The molecule has 1 heterocycles. The summed E-state index contributed by atoms with van der Waals surface area (Å²) in [5.41, 5.74) is 0.970. The van der Waals surface area contributed by atoms with Crippen molar-refractivity contribution in [2.45, 2.75) is 13.5 Å². The molecule has 6 heteroatoms. The average molecular weight is 325 g/mol. The van der Waals surface area contributed by atoms with Crippen LogP contribution in [0.3, 0.4) is 0 Å². The maximum atomic E-state index is 11.7. The molecule has 0 aliphatic heterocycles. The van der Waals surface area contributed by atoms with Gasteiger partial charge in [0.1, 0.15) is 12.3 Å². The molecule has 0 aliphatic carbocycles. The lowest BCUT2D eigenvalue weighted by Gasteiger charge is -2.10. The lowest BCUT2D eigenvalue weighted by Crippen LogP contribution is -2.24. The van der Waals surface area contributed by atoms with Gasteiger partial charge in [-0.15, -0.1) is 0 Å². The fourth-order valence-corrected chi connectivity index (χ4v) is 2.21. The Kier molecular flexibility index (Phi) is 5.42. The maximum Gasteiger partial charge on any atom is 0.269 e. The summed E-state index contributed by atoms with van der Waals surface area (Å²) in [6, 6.07) is 10.3. The number of halogens is 2. The van der Waals surface area contributed by atoms with E-state index in [-0.39, 0.29) is 12.5 Å². The molecule has 1 N–H and O–H groups in total. The van der Waals surface area contributed by atoms with E-state index in [4.69, 9.17) is 27.9 Å². The molecule has 0 fully saturated rings. The average Bonchev–Trinajstić information content (AvgIpc) is 2.47. The summed E-state index contributed by atoms with van der Waals surface area (Å²) in [7, 11) is 0. The SMILES string of the molecule is CCNC(=O)c1cccc(COc2c(Cl)cccc2Cl)n1. The van der Waals surface area contributed by atoms with Crippen molar-refractivity contribution < 1.29 is 9.53 Å². The number of rotatable bonds is 5. The lowest BCUT2D eigenvalue weighted by atomic mass is 10.3. The number of carbonyl (C=O) groups is 1. The predicted octanol–water partition coefficient (Wildman–Crippen LogP) is 3.72. The number of pyridine rings is 1. The Hall–Kier alpha value is -1.78. The molecular weight excluding hydrogens is 311 g/mol. The Bertz CT molecular complexity index is 627. The molecular formula is C15H14Cl2N2O2. The minimum absolute atomic E-state index is 0.177. The van der Waals surface area contributed by atoms with Crippen LogP contribution in [0.5, 0.6) is 5.75 Å². The maximum absolute atomic E-state index is 11.7. The number of ether oxygens (including phenoxy) is 1. The van der Waals surface area contributed by atoms with Gasteiger partial charge < -0.3 is 10.1 Å². The molecule has 0 bridgehead atoms. The van der Waals surface area contributed by atoms with Crippen LogP contribution in [-0.4, -0.2) is 17.4 Å². The fraction of sp³-hybridized carbons (Fsp3) is 0.200. The van der Waals surface area contributed by atoms with E-state index in [1.54, 1.807) is 36.4 Å². The molecule has 1 aromatic heterocycles. The zero-order valence-corrected chi connectivity index (χ0v) is 12.9. The monoisotopic (exact) mass is 324 g/mol. The second kappa shape index (κ2) is 7.29. The highest BCUT2D eigenvalue weighted by Crippen LogP contribution is 2.32. The first-order valence-corrected chi connectivity index (χ1v) is 7.18. The van der Waals surface area contributed by atoms with Crippen molar-refractivity contribution in [1.82, 2.24) is 10.3 Å². The first-order chi connectivity index (χ1) is 10.1. The number of nitrogens with one attached hydrogen (secondary N) is 1. The number of nitrogens with zero attached hydrogens (tertiary/aromatic N) is 1. The third-order valence-corrected chi connectivity index (χ3v) is 3.26. The normalized spacial score (nSPS) is 10.2.